The Hall–Kier alpha value is -3.89. The number of alkyl halides is 3. The first-order valence-electron chi connectivity index (χ1n) is 8.49. The molecule has 8 nitrogen and oxygen atoms in total. The number of aryl methyl sites for hydroxylation is 2. The minimum absolute atomic E-state index is 0.0319. The zero-order valence-electron chi connectivity index (χ0n) is 15.7. The SMILES string of the molecule is Cc1ccc(Oc2cc(NC(=O)c3cc(C(F)(F)F)n(C)n3)cc([N+](=O)[O-])c2)cc1. The molecule has 0 saturated carbocycles. The summed E-state index contributed by atoms with van der Waals surface area (Å²) in [5.41, 5.74) is -1.00. The molecule has 0 aliphatic rings. The summed E-state index contributed by atoms with van der Waals surface area (Å²) in [6.07, 6.45) is -4.68. The number of carbonyl (C=O) groups excluding carboxylic acids is 1. The van der Waals surface area contributed by atoms with Crippen LogP contribution in [0.15, 0.2) is 48.5 Å². The van der Waals surface area contributed by atoms with Gasteiger partial charge in [0.2, 0.25) is 0 Å². The number of nitro benzene ring substituents is 1. The number of anilines is 1. The van der Waals surface area contributed by atoms with Gasteiger partial charge >= 0.3 is 6.18 Å². The van der Waals surface area contributed by atoms with Gasteiger partial charge in [0.05, 0.1) is 16.7 Å². The van der Waals surface area contributed by atoms with Crippen molar-refractivity contribution in [3.8, 4) is 11.5 Å². The summed E-state index contributed by atoms with van der Waals surface area (Å²) in [7, 11) is 1.06. The number of ether oxygens (including phenoxy) is 1. The molecule has 0 bridgehead atoms. The molecule has 1 N–H and O–H groups in total. The zero-order chi connectivity index (χ0) is 22.1. The number of nitro groups is 1. The minimum atomic E-state index is -4.68. The summed E-state index contributed by atoms with van der Waals surface area (Å²) in [6, 6.07) is 11.0. The van der Waals surface area contributed by atoms with Gasteiger partial charge in [-0.3, -0.25) is 19.6 Å². The maximum atomic E-state index is 12.9. The highest BCUT2D eigenvalue weighted by Crippen LogP contribution is 2.31. The number of rotatable bonds is 5. The highest BCUT2D eigenvalue weighted by atomic mass is 19.4. The minimum Gasteiger partial charge on any atom is -0.457 e. The van der Waals surface area contributed by atoms with E-state index in [1.807, 2.05) is 6.92 Å². The summed E-state index contributed by atoms with van der Waals surface area (Å²) >= 11 is 0. The first-order chi connectivity index (χ1) is 14.0. The van der Waals surface area contributed by atoms with Crippen molar-refractivity contribution >= 4 is 17.3 Å². The van der Waals surface area contributed by atoms with E-state index in [1.54, 1.807) is 24.3 Å². The standard InChI is InChI=1S/C19H15F3N4O4/c1-11-3-5-14(6-4-11)30-15-8-12(7-13(9-15)26(28)29)23-18(27)16-10-17(19(20,21)22)25(2)24-16/h3-10H,1-2H3,(H,23,27). The molecule has 30 heavy (non-hydrogen) atoms. The number of amides is 1. The summed E-state index contributed by atoms with van der Waals surface area (Å²) in [6.45, 7) is 1.88. The number of non-ortho nitro benzene ring substituents is 1. The molecule has 0 aliphatic carbocycles. The van der Waals surface area contributed by atoms with Crippen molar-refractivity contribution in [1.82, 2.24) is 9.78 Å². The molecule has 3 aromatic rings. The third-order valence-corrected chi connectivity index (χ3v) is 4.02. The molecule has 156 valence electrons. The Morgan fingerprint density at radius 1 is 1.13 bits per heavy atom. The number of halogens is 3. The fourth-order valence-electron chi connectivity index (χ4n) is 2.60. The van der Waals surface area contributed by atoms with Crippen LogP contribution in [0.4, 0.5) is 24.5 Å². The highest BCUT2D eigenvalue weighted by Gasteiger charge is 2.35. The summed E-state index contributed by atoms with van der Waals surface area (Å²) in [5, 5.41) is 17.1. The Morgan fingerprint density at radius 2 is 1.80 bits per heavy atom. The van der Waals surface area contributed by atoms with Crippen molar-refractivity contribution in [2.45, 2.75) is 13.1 Å². The molecular formula is C19H15F3N4O4. The van der Waals surface area contributed by atoms with E-state index in [1.165, 1.54) is 6.07 Å². The van der Waals surface area contributed by atoms with E-state index < -0.39 is 28.4 Å². The van der Waals surface area contributed by atoms with Gasteiger partial charge in [-0.05, 0) is 19.1 Å². The lowest BCUT2D eigenvalue weighted by Crippen LogP contribution is -2.13. The third kappa shape index (κ3) is 4.74. The number of nitrogens with zero attached hydrogens (tertiary/aromatic N) is 3. The molecule has 0 spiro atoms. The van der Waals surface area contributed by atoms with Crippen molar-refractivity contribution in [3.05, 3.63) is 75.6 Å². The lowest BCUT2D eigenvalue weighted by molar-refractivity contribution is -0.384. The molecule has 1 aromatic heterocycles. The van der Waals surface area contributed by atoms with Crippen LogP contribution >= 0.6 is 0 Å². The second-order valence-electron chi connectivity index (χ2n) is 6.38. The first-order valence-corrected chi connectivity index (χ1v) is 8.49. The van der Waals surface area contributed by atoms with Crippen LogP contribution in [0.5, 0.6) is 11.5 Å². The molecule has 0 radical (unpaired) electrons. The quantitative estimate of drug-likeness (QED) is 0.476. The van der Waals surface area contributed by atoms with Crippen LogP contribution < -0.4 is 10.1 Å². The van der Waals surface area contributed by atoms with Crippen molar-refractivity contribution in [2.75, 3.05) is 5.32 Å². The van der Waals surface area contributed by atoms with E-state index in [0.29, 0.717) is 16.5 Å². The topological polar surface area (TPSA) is 99.3 Å². The number of benzene rings is 2. The predicted molar refractivity (Wildman–Crippen MR) is 101 cm³/mol. The highest BCUT2D eigenvalue weighted by molar-refractivity contribution is 6.03. The second kappa shape index (κ2) is 7.85. The van der Waals surface area contributed by atoms with E-state index in [4.69, 9.17) is 4.74 Å². The van der Waals surface area contributed by atoms with Gasteiger partial charge in [-0.1, -0.05) is 17.7 Å². The van der Waals surface area contributed by atoms with E-state index >= 15 is 0 Å². The molecule has 0 aliphatic heterocycles. The fourth-order valence-corrected chi connectivity index (χ4v) is 2.60. The van der Waals surface area contributed by atoms with Gasteiger partial charge in [0.25, 0.3) is 11.6 Å². The van der Waals surface area contributed by atoms with Gasteiger partial charge < -0.3 is 10.1 Å². The van der Waals surface area contributed by atoms with Crippen LogP contribution in [0.1, 0.15) is 21.7 Å². The summed E-state index contributed by atoms with van der Waals surface area (Å²) < 4.78 is 44.8. The molecular weight excluding hydrogens is 405 g/mol. The fraction of sp³-hybridized carbons (Fsp3) is 0.158. The normalized spacial score (nSPS) is 11.2. The molecule has 11 heteroatoms. The zero-order valence-corrected chi connectivity index (χ0v) is 15.7. The van der Waals surface area contributed by atoms with Crippen LogP contribution in [0.25, 0.3) is 0 Å². The van der Waals surface area contributed by atoms with Gasteiger partial charge in [0.1, 0.15) is 17.2 Å². The summed E-state index contributed by atoms with van der Waals surface area (Å²) in [4.78, 5) is 22.9. The van der Waals surface area contributed by atoms with Gasteiger partial charge in [-0.2, -0.15) is 18.3 Å². The number of hydrogen-bond donors (Lipinski definition) is 1. The number of aromatic nitrogens is 2. The Kier molecular flexibility index (Phi) is 5.45. The smallest absolute Gasteiger partial charge is 0.433 e. The van der Waals surface area contributed by atoms with E-state index in [-0.39, 0.29) is 17.1 Å². The Bertz CT molecular complexity index is 1110. The van der Waals surface area contributed by atoms with Crippen molar-refractivity contribution in [2.24, 2.45) is 7.05 Å². The first kappa shape index (κ1) is 20.8. The number of nitrogens with one attached hydrogen (secondary N) is 1. The average Bonchev–Trinajstić information content (AvgIpc) is 3.06. The monoisotopic (exact) mass is 420 g/mol. The Labute approximate surface area is 168 Å². The van der Waals surface area contributed by atoms with Crippen LogP contribution in [0.3, 0.4) is 0 Å². The Morgan fingerprint density at radius 3 is 2.37 bits per heavy atom. The number of carbonyl (C=O) groups is 1. The molecule has 0 saturated heterocycles. The molecule has 1 heterocycles. The van der Waals surface area contributed by atoms with Gasteiger partial charge in [-0.15, -0.1) is 0 Å². The van der Waals surface area contributed by atoms with Gasteiger partial charge in [-0.25, -0.2) is 0 Å². The molecule has 0 fully saturated rings. The molecule has 2 aromatic carbocycles. The maximum absolute atomic E-state index is 12.9. The summed E-state index contributed by atoms with van der Waals surface area (Å²) in [5.74, 6) is -0.471. The maximum Gasteiger partial charge on any atom is 0.433 e. The predicted octanol–water partition coefficient (Wildman–Crippen LogP) is 4.70. The van der Waals surface area contributed by atoms with Crippen LogP contribution in [0.2, 0.25) is 0 Å². The van der Waals surface area contributed by atoms with E-state index in [9.17, 15) is 28.1 Å². The Balaban J connectivity index is 1.88. The van der Waals surface area contributed by atoms with E-state index in [2.05, 4.69) is 10.4 Å². The van der Waals surface area contributed by atoms with Crippen LogP contribution in [0, 0.1) is 17.0 Å². The molecule has 3 rings (SSSR count). The second-order valence-corrected chi connectivity index (χ2v) is 6.38. The van der Waals surface area contributed by atoms with Crippen LogP contribution in [-0.2, 0) is 13.2 Å². The molecule has 0 unspecified atom stereocenters. The lowest BCUT2D eigenvalue weighted by atomic mass is 10.2. The largest absolute Gasteiger partial charge is 0.457 e. The molecule has 0 atom stereocenters. The van der Waals surface area contributed by atoms with Crippen molar-refractivity contribution in [1.29, 1.82) is 0 Å². The van der Waals surface area contributed by atoms with E-state index in [0.717, 1.165) is 24.7 Å². The van der Waals surface area contributed by atoms with Gasteiger partial charge in [0, 0.05) is 25.2 Å². The van der Waals surface area contributed by atoms with Crippen molar-refractivity contribution in [3.63, 3.8) is 0 Å². The van der Waals surface area contributed by atoms with Gasteiger partial charge in [0.15, 0.2) is 5.69 Å². The number of hydrogen-bond acceptors (Lipinski definition) is 5. The van der Waals surface area contributed by atoms with Crippen LogP contribution in [-0.4, -0.2) is 20.6 Å². The average molecular weight is 420 g/mol. The third-order valence-electron chi connectivity index (χ3n) is 4.02. The molecule has 1 amide bonds. The lowest BCUT2D eigenvalue weighted by Gasteiger charge is -2.09. The van der Waals surface area contributed by atoms with Crippen molar-refractivity contribution < 1.29 is 27.6 Å².